The van der Waals surface area contributed by atoms with Gasteiger partial charge in [0.2, 0.25) is 0 Å². The quantitative estimate of drug-likeness (QED) is 0.711. The molecular weight excluding hydrogens is 356 g/mol. The first-order valence-corrected chi connectivity index (χ1v) is 16.2. The molecule has 0 amide bonds. The van der Waals surface area contributed by atoms with Crippen LogP contribution in [0.25, 0.3) is 11.0 Å². The van der Waals surface area contributed by atoms with Gasteiger partial charge in [-0.15, -0.1) is 0 Å². The van der Waals surface area contributed by atoms with E-state index in [2.05, 4.69) is 0 Å². The van der Waals surface area contributed by atoms with Crippen molar-refractivity contribution in [3.8, 4) is 5.75 Å². The van der Waals surface area contributed by atoms with E-state index in [1.165, 1.54) is 39.5 Å². The van der Waals surface area contributed by atoms with Gasteiger partial charge in [-0.1, -0.05) is 0 Å². The predicted molar refractivity (Wildman–Crippen MR) is 89.1 cm³/mol. The Morgan fingerprint density at radius 2 is 1.72 bits per heavy atom. The van der Waals surface area contributed by atoms with Gasteiger partial charge in [-0.25, -0.2) is 0 Å². The first kappa shape index (κ1) is 10.2. The van der Waals surface area contributed by atoms with Crippen molar-refractivity contribution in [3.63, 3.8) is 0 Å². The van der Waals surface area contributed by atoms with Crippen LogP contribution >= 0.6 is 0 Å². The van der Waals surface area contributed by atoms with Gasteiger partial charge in [0.05, 0.1) is 0 Å². The molecule has 0 aliphatic carbocycles. The summed E-state index contributed by atoms with van der Waals surface area (Å²) in [4.78, 5) is 23.9. The Balaban J connectivity index is 1.26. The Labute approximate surface area is 134 Å². The normalized spacial score (nSPS) is 84.8. The third-order valence-corrected chi connectivity index (χ3v) is 59.4. The van der Waals surface area contributed by atoms with Gasteiger partial charge in [-0.05, 0) is 0 Å². The van der Waals surface area contributed by atoms with Crippen LogP contribution in [0.5, 0.6) is 5.75 Å². The van der Waals surface area contributed by atoms with Crippen molar-refractivity contribution >= 4 is 11.0 Å². The molecule has 1 spiro atoms. The fourth-order valence-corrected chi connectivity index (χ4v) is 92.3. The van der Waals surface area contributed by atoms with E-state index in [4.69, 9.17) is 9.15 Å². The summed E-state index contributed by atoms with van der Waals surface area (Å²) in [6.45, 7) is -0.640. The molecule has 4 atom stereocenters. The van der Waals surface area contributed by atoms with Crippen LogP contribution in [0.2, 0.25) is 43.3 Å². The summed E-state index contributed by atoms with van der Waals surface area (Å²) in [5.74, 6) is 1.99. The van der Waals surface area contributed by atoms with Crippen LogP contribution in [0.1, 0.15) is 12.7 Å². The summed E-state index contributed by atoms with van der Waals surface area (Å²) in [5.41, 5.74) is 0.944. The summed E-state index contributed by atoms with van der Waals surface area (Å²) in [5, 5.41) is 0.721. The zero-order valence-corrected chi connectivity index (χ0v) is 14.9. The van der Waals surface area contributed by atoms with Gasteiger partial charge in [0.1, 0.15) is 0 Å². The van der Waals surface area contributed by atoms with Gasteiger partial charge < -0.3 is 0 Å². The minimum absolute atomic E-state index is 0.176. The van der Waals surface area contributed by atoms with Gasteiger partial charge in [0, 0.05) is 0 Å². The summed E-state index contributed by atoms with van der Waals surface area (Å²) < 4.78 is 12.8. The first-order chi connectivity index (χ1) is 12.0. The topological polar surface area (TPSA) is 39.4 Å². The summed E-state index contributed by atoms with van der Waals surface area (Å²) in [6, 6.07) is 7.68. The molecule has 2 aromatic rings. The summed E-state index contributed by atoms with van der Waals surface area (Å²) in [7, 11) is 0. The monoisotopic (exact) mass is 374 g/mol. The van der Waals surface area contributed by atoms with Crippen molar-refractivity contribution < 1.29 is 15.7 Å². The third kappa shape index (κ3) is 0.162. The summed E-state index contributed by atoms with van der Waals surface area (Å²) >= 11 is 0. The number of benzene rings is 1. The molecule has 12 rings (SSSR count). The van der Waals surface area contributed by atoms with Crippen LogP contribution in [0.4, 0.5) is 0 Å². The molecule has 0 N–H and O–H groups in total. The molecule has 10 fully saturated rings. The fraction of sp³-hybridized carbons (Fsp3) is 0.571. The maximum absolute atomic E-state index is 12.9. The average molecular weight is 374 g/mol. The third-order valence-electron chi connectivity index (χ3n) is 17.1. The zero-order valence-electron chi connectivity index (χ0n) is 13.8. The molecule has 0 saturated carbocycles. The fourth-order valence-electron chi connectivity index (χ4n) is 18.4. The van der Waals surface area contributed by atoms with Crippen molar-refractivity contribution in [1.29, 1.82) is 0 Å². The van der Waals surface area contributed by atoms with Crippen molar-refractivity contribution in [2.75, 3.05) is 6.61 Å². The van der Waals surface area contributed by atoms with E-state index in [9.17, 15) is 4.79 Å². The second-order valence-corrected chi connectivity index (χ2v) is 36.3. The van der Waals surface area contributed by atoms with E-state index in [1.807, 2.05) is 31.2 Å². The standard InChI is InChI=1S/C16H13O3.C5H5.Fe/c1-2-18-12-7-8-13-14(17)10-15(19-16(13)9-12)11-5-3-4-6-11;1-2-4-5-3-1;/h3-10H,2H2,1H3;1-5H;. The number of hydrogen-bond donors (Lipinski definition) is 0. The van der Waals surface area contributed by atoms with Crippen molar-refractivity contribution in [3.05, 3.63) is 40.2 Å². The molecule has 25 heavy (non-hydrogen) atoms. The first-order valence-electron chi connectivity index (χ1n) is 9.89. The van der Waals surface area contributed by atoms with E-state index in [0.29, 0.717) is 10.9 Å². The predicted octanol–water partition coefficient (Wildman–Crippen LogP) is 4.99. The van der Waals surface area contributed by atoms with Gasteiger partial charge in [0.25, 0.3) is 0 Å². The molecule has 1 aromatic carbocycles. The molecule has 128 valence electrons. The van der Waals surface area contributed by atoms with Crippen LogP contribution in [0, 0.1) is 0 Å². The van der Waals surface area contributed by atoms with Gasteiger partial charge in [0.15, 0.2) is 0 Å². The van der Waals surface area contributed by atoms with E-state index in [-0.39, 0.29) is 5.43 Å². The number of fused-ring (bicyclic) bond motifs is 11. The van der Waals surface area contributed by atoms with Crippen LogP contribution in [0.3, 0.4) is 0 Å². The van der Waals surface area contributed by atoms with E-state index < -0.39 is 6.51 Å². The molecule has 11 heterocycles. The zero-order chi connectivity index (χ0) is 15.8. The Morgan fingerprint density at radius 3 is 2.24 bits per heavy atom. The molecule has 10 aliphatic heterocycles. The van der Waals surface area contributed by atoms with Gasteiger partial charge in [-0.2, -0.15) is 0 Å². The molecule has 4 heteroatoms. The van der Waals surface area contributed by atoms with Crippen molar-refractivity contribution in [1.82, 2.24) is 0 Å². The molecule has 1 aromatic heterocycles. The summed E-state index contributed by atoms with van der Waals surface area (Å²) in [6.07, 6.45) is 0. The number of hydrogen-bond acceptors (Lipinski definition) is 3. The van der Waals surface area contributed by atoms with Gasteiger partial charge >= 0.3 is 134 Å². The minimum atomic E-state index is -3.27. The molecule has 10 aliphatic rings. The number of rotatable bonds is 3. The molecule has 3 nitrogen and oxygen atoms in total. The molecular formula is C21H18FeO3. The van der Waals surface area contributed by atoms with Crippen LogP contribution < -0.4 is 10.2 Å². The molecule has 10 saturated heterocycles. The second-order valence-electron chi connectivity index (χ2n) is 12.7. The Morgan fingerprint density at radius 1 is 1.04 bits per heavy atom. The molecule has 4 unspecified atom stereocenters. The van der Waals surface area contributed by atoms with Crippen LogP contribution in [-0.2, 0) is 10.8 Å². The van der Waals surface area contributed by atoms with Crippen LogP contribution in [0.15, 0.2) is 33.5 Å². The SMILES string of the molecule is CCOc1ccc2c(=O)cc([C]34[CH]5[CH]6[CH]7[CH]3[Fe]6754389%10[CH]4[CH]3[CH]8[CH]9[CH]4%10)oc2c1. The maximum atomic E-state index is 12.9. The molecule has 0 radical (unpaired) electrons. The number of ether oxygens (including phenoxy) is 1. The Bertz CT molecular complexity index is 1540. The van der Waals surface area contributed by atoms with Gasteiger partial charge in [-0.3, -0.25) is 0 Å². The molecule has 0 bridgehead atoms. The Hall–Kier alpha value is -1.25. The van der Waals surface area contributed by atoms with Crippen molar-refractivity contribution in [2.45, 2.75) is 54.6 Å². The average Bonchev–Trinajstić information content (AvgIpc) is 3.54. The van der Waals surface area contributed by atoms with E-state index in [0.717, 1.165) is 26.4 Å². The van der Waals surface area contributed by atoms with E-state index in [1.54, 1.807) is 0 Å². The van der Waals surface area contributed by atoms with E-state index >= 15 is 0 Å². The van der Waals surface area contributed by atoms with Crippen molar-refractivity contribution in [2.24, 2.45) is 0 Å². The Kier molecular flexibility index (Phi) is 0.449. The van der Waals surface area contributed by atoms with Crippen LogP contribution in [-0.4, -0.2) is 6.61 Å². The second kappa shape index (κ2) is 1.10.